The number of carbonyl (C=O) groups excluding carboxylic acids is 1. The van der Waals surface area contributed by atoms with Gasteiger partial charge in [0.15, 0.2) is 0 Å². The first-order valence-corrected chi connectivity index (χ1v) is 8.01. The maximum Gasteiger partial charge on any atom is 0.322 e. The van der Waals surface area contributed by atoms with Crippen molar-refractivity contribution in [2.45, 2.75) is 4.83 Å². The second-order valence-electron chi connectivity index (χ2n) is 4.33. The fourth-order valence-corrected chi connectivity index (χ4v) is 2.33. The Morgan fingerprint density at radius 1 is 1.05 bits per heavy atom. The number of alkyl halides is 1. The van der Waals surface area contributed by atoms with Crippen molar-refractivity contribution in [2.24, 2.45) is 0 Å². The molecule has 0 amide bonds. The van der Waals surface area contributed by atoms with Gasteiger partial charge in [0.2, 0.25) is 0 Å². The van der Waals surface area contributed by atoms with Gasteiger partial charge in [-0.3, -0.25) is 4.79 Å². The van der Waals surface area contributed by atoms with Crippen molar-refractivity contribution in [3.63, 3.8) is 0 Å². The van der Waals surface area contributed by atoms with Crippen LogP contribution >= 0.6 is 31.9 Å². The molecule has 0 aromatic heterocycles. The summed E-state index contributed by atoms with van der Waals surface area (Å²) in [6.07, 6.45) is 0. The maximum absolute atomic E-state index is 11.2. The quantitative estimate of drug-likeness (QED) is 0.537. The van der Waals surface area contributed by atoms with E-state index in [2.05, 4.69) is 36.6 Å². The molecule has 0 fully saturated rings. The average molecular weight is 414 g/mol. The molecular weight excluding hydrogens is 400 g/mol. The average Bonchev–Trinajstić information content (AvgIpc) is 2.53. The van der Waals surface area contributed by atoms with Crippen LogP contribution in [0.15, 0.2) is 53.0 Å². The van der Waals surface area contributed by atoms with Gasteiger partial charge in [0.25, 0.3) is 0 Å². The van der Waals surface area contributed by atoms with E-state index in [1.807, 2.05) is 48.5 Å². The SMILES string of the molecule is COC(=O)C(Br)COc1ccc(-c2ccc(Br)cc2)cc1. The number of esters is 1. The number of carbonyl (C=O) groups is 1. The van der Waals surface area contributed by atoms with Crippen molar-refractivity contribution in [3.8, 4) is 16.9 Å². The van der Waals surface area contributed by atoms with Gasteiger partial charge in [-0.1, -0.05) is 56.1 Å². The highest BCUT2D eigenvalue weighted by Crippen LogP contribution is 2.24. The Morgan fingerprint density at radius 3 is 2.10 bits per heavy atom. The lowest BCUT2D eigenvalue weighted by molar-refractivity contribution is -0.140. The predicted molar refractivity (Wildman–Crippen MR) is 89.8 cm³/mol. The predicted octanol–water partition coefficient (Wildman–Crippen LogP) is 4.43. The number of ether oxygens (including phenoxy) is 2. The van der Waals surface area contributed by atoms with E-state index < -0.39 is 4.83 Å². The van der Waals surface area contributed by atoms with Crippen LogP contribution in [-0.2, 0) is 9.53 Å². The van der Waals surface area contributed by atoms with Crippen LogP contribution < -0.4 is 4.74 Å². The third kappa shape index (κ3) is 4.58. The molecule has 0 aliphatic heterocycles. The summed E-state index contributed by atoms with van der Waals surface area (Å²) in [6, 6.07) is 15.8. The number of benzene rings is 2. The van der Waals surface area contributed by atoms with Crippen molar-refractivity contribution in [1.82, 2.24) is 0 Å². The van der Waals surface area contributed by atoms with Crippen molar-refractivity contribution in [3.05, 3.63) is 53.0 Å². The Labute approximate surface area is 140 Å². The molecule has 0 radical (unpaired) electrons. The van der Waals surface area contributed by atoms with Crippen LogP contribution in [0.2, 0.25) is 0 Å². The Kier molecular flexibility index (Phi) is 5.82. The number of halogens is 2. The summed E-state index contributed by atoms with van der Waals surface area (Å²) >= 11 is 6.63. The summed E-state index contributed by atoms with van der Waals surface area (Å²) in [5.41, 5.74) is 2.25. The Bertz CT molecular complexity index is 594. The molecule has 3 nitrogen and oxygen atoms in total. The van der Waals surface area contributed by atoms with Gasteiger partial charge in [-0.05, 0) is 35.4 Å². The minimum absolute atomic E-state index is 0.226. The van der Waals surface area contributed by atoms with Crippen molar-refractivity contribution in [2.75, 3.05) is 13.7 Å². The fraction of sp³-hybridized carbons (Fsp3) is 0.188. The summed E-state index contributed by atoms with van der Waals surface area (Å²) in [5, 5.41) is 0. The minimum atomic E-state index is -0.464. The molecule has 2 aromatic carbocycles. The molecule has 1 atom stereocenters. The van der Waals surface area contributed by atoms with Gasteiger partial charge < -0.3 is 9.47 Å². The molecule has 0 spiro atoms. The Morgan fingerprint density at radius 2 is 1.57 bits per heavy atom. The number of rotatable bonds is 5. The van der Waals surface area contributed by atoms with E-state index in [0.29, 0.717) is 5.75 Å². The van der Waals surface area contributed by atoms with Gasteiger partial charge in [0.05, 0.1) is 7.11 Å². The molecule has 0 aliphatic carbocycles. The second-order valence-corrected chi connectivity index (χ2v) is 6.35. The smallest absolute Gasteiger partial charge is 0.322 e. The van der Waals surface area contributed by atoms with Gasteiger partial charge in [-0.15, -0.1) is 0 Å². The molecule has 5 heteroatoms. The molecule has 2 aromatic rings. The number of methoxy groups -OCH3 is 1. The first kappa shape index (κ1) is 16.0. The zero-order chi connectivity index (χ0) is 15.2. The molecule has 2 rings (SSSR count). The van der Waals surface area contributed by atoms with Crippen LogP contribution in [0.5, 0.6) is 5.75 Å². The van der Waals surface area contributed by atoms with E-state index in [1.54, 1.807) is 0 Å². The van der Waals surface area contributed by atoms with Crippen LogP contribution in [0.4, 0.5) is 0 Å². The highest BCUT2D eigenvalue weighted by atomic mass is 79.9. The maximum atomic E-state index is 11.2. The minimum Gasteiger partial charge on any atom is -0.492 e. The zero-order valence-corrected chi connectivity index (χ0v) is 14.6. The van der Waals surface area contributed by atoms with Gasteiger partial charge in [0.1, 0.15) is 17.2 Å². The second kappa shape index (κ2) is 7.61. The molecular formula is C16H14Br2O3. The summed E-state index contributed by atoms with van der Waals surface area (Å²) in [6.45, 7) is 0.226. The first-order valence-electron chi connectivity index (χ1n) is 6.31. The fourth-order valence-electron chi connectivity index (χ4n) is 1.75. The lowest BCUT2D eigenvalue weighted by atomic mass is 10.1. The lowest BCUT2D eigenvalue weighted by Crippen LogP contribution is -2.22. The molecule has 0 bridgehead atoms. The summed E-state index contributed by atoms with van der Waals surface area (Å²) < 4.78 is 11.2. The van der Waals surface area contributed by atoms with E-state index in [4.69, 9.17) is 4.74 Å². The molecule has 0 aliphatic rings. The van der Waals surface area contributed by atoms with Crippen LogP contribution in [0.3, 0.4) is 0 Å². The molecule has 0 saturated carbocycles. The monoisotopic (exact) mass is 412 g/mol. The third-order valence-electron chi connectivity index (χ3n) is 2.89. The topological polar surface area (TPSA) is 35.5 Å². The molecule has 0 saturated heterocycles. The van der Waals surface area contributed by atoms with Crippen LogP contribution in [0.1, 0.15) is 0 Å². The van der Waals surface area contributed by atoms with Crippen molar-refractivity contribution >= 4 is 37.8 Å². The third-order valence-corrected chi connectivity index (χ3v) is 4.05. The first-order chi connectivity index (χ1) is 10.1. The Balaban J connectivity index is 1.99. The molecule has 110 valence electrons. The van der Waals surface area contributed by atoms with Gasteiger partial charge in [-0.2, -0.15) is 0 Å². The van der Waals surface area contributed by atoms with Crippen LogP contribution in [0, 0.1) is 0 Å². The normalized spacial score (nSPS) is 11.8. The molecule has 0 heterocycles. The summed E-state index contributed by atoms with van der Waals surface area (Å²) in [5.74, 6) is 0.366. The standard InChI is InChI=1S/C16H14Br2O3/c1-20-16(19)15(18)10-21-14-8-4-12(5-9-14)11-2-6-13(17)7-3-11/h2-9,15H,10H2,1H3. The highest BCUT2D eigenvalue weighted by molar-refractivity contribution is 9.10. The Hall–Kier alpha value is -1.33. The van der Waals surface area contributed by atoms with Gasteiger partial charge >= 0.3 is 5.97 Å². The number of hydrogen-bond acceptors (Lipinski definition) is 3. The van der Waals surface area contributed by atoms with E-state index in [0.717, 1.165) is 15.6 Å². The zero-order valence-electron chi connectivity index (χ0n) is 11.4. The van der Waals surface area contributed by atoms with E-state index in [9.17, 15) is 4.79 Å². The summed E-state index contributed by atoms with van der Waals surface area (Å²) in [7, 11) is 1.35. The van der Waals surface area contributed by atoms with E-state index in [-0.39, 0.29) is 12.6 Å². The summed E-state index contributed by atoms with van der Waals surface area (Å²) in [4.78, 5) is 10.8. The molecule has 21 heavy (non-hydrogen) atoms. The molecule has 1 unspecified atom stereocenters. The van der Waals surface area contributed by atoms with Gasteiger partial charge in [0, 0.05) is 4.47 Å². The molecule has 0 N–H and O–H groups in total. The van der Waals surface area contributed by atoms with E-state index >= 15 is 0 Å². The van der Waals surface area contributed by atoms with Crippen molar-refractivity contribution < 1.29 is 14.3 Å². The largest absolute Gasteiger partial charge is 0.492 e. The lowest BCUT2D eigenvalue weighted by Gasteiger charge is -2.10. The van der Waals surface area contributed by atoms with Crippen LogP contribution in [-0.4, -0.2) is 24.5 Å². The number of hydrogen-bond donors (Lipinski definition) is 0. The van der Waals surface area contributed by atoms with E-state index in [1.165, 1.54) is 7.11 Å². The van der Waals surface area contributed by atoms with Crippen LogP contribution in [0.25, 0.3) is 11.1 Å². The van der Waals surface area contributed by atoms with Gasteiger partial charge in [-0.25, -0.2) is 0 Å². The van der Waals surface area contributed by atoms with Crippen molar-refractivity contribution in [1.29, 1.82) is 0 Å². The highest BCUT2D eigenvalue weighted by Gasteiger charge is 2.15.